The number of hydrogen-bond acceptors (Lipinski definition) is 5. The Balaban J connectivity index is 2.32. The zero-order valence-electron chi connectivity index (χ0n) is 8.55. The van der Waals surface area contributed by atoms with Gasteiger partial charge in [-0.25, -0.2) is 0 Å². The molecule has 1 rings (SSSR count). The molecule has 0 bridgehead atoms. The first kappa shape index (κ1) is 12.3. The van der Waals surface area contributed by atoms with E-state index in [1.807, 2.05) is 0 Å². The van der Waals surface area contributed by atoms with Crippen LogP contribution in [0, 0.1) is 0 Å². The van der Waals surface area contributed by atoms with Gasteiger partial charge in [0.25, 0.3) is 0 Å². The number of aliphatic hydroxyl groups excluding tert-OH is 2. The molecular formula is C9H18O4S. The Morgan fingerprint density at radius 1 is 1.36 bits per heavy atom. The quantitative estimate of drug-likeness (QED) is 0.666. The Bertz CT molecular complexity index is 167. The average Bonchev–Trinajstić information content (AvgIpc) is 2.46. The molecule has 0 saturated carbocycles. The average molecular weight is 222 g/mol. The molecule has 0 aliphatic carbocycles. The van der Waals surface area contributed by atoms with E-state index >= 15 is 0 Å². The zero-order valence-corrected chi connectivity index (χ0v) is 9.37. The largest absolute Gasteiger partial charge is 0.387 e. The van der Waals surface area contributed by atoms with Gasteiger partial charge >= 0.3 is 0 Å². The van der Waals surface area contributed by atoms with Gasteiger partial charge in [0, 0.05) is 7.11 Å². The molecule has 5 heteroatoms. The van der Waals surface area contributed by atoms with Crippen LogP contribution in [-0.4, -0.2) is 47.0 Å². The molecule has 1 aliphatic rings. The van der Waals surface area contributed by atoms with Crippen LogP contribution in [0.5, 0.6) is 0 Å². The maximum absolute atomic E-state index is 9.58. The van der Waals surface area contributed by atoms with Crippen LogP contribution in [0.15, 0.2) is 0 Å². The van der Waals surface area contributed by atoms with Crippen LogP contribution in [-0.2, 0) is 9.47 Å². The zero-order chi connectivity index (χ0) is 10.6. The number of aliphatic hydroxyl groups is 2. The van der Waals surface area contributed by atoms with Crippen molar-refractivity contribution in [2.24, 2.45) is 0 Å². The normalized spacial score (nSPS) is 37.7. The number of hydrogen-bond donors (Lipinski definition) is 2. The van der Waals surface area contributed by atoms with E-state index in [9.17, 15) is 10.2 Å². The molecule has 2 N–H and O–H groups in total. The summed E-state index contributed by atoms with van der Waals surface area (Å²) in [4.78, 5) is 0. The third-order valence-corrected chi connectivity index (χ3v) is 3.43. The molecule has 1 unspecified atom stereocenters. The highest BCUT2D eigenvalue weighted by atomic mass is 32.2. The predicted octanol–water partition coefficient (Wildman–Crippen LogP) is 0.570. The highest BCUT2D eigenvalue weighted by Gasteiger charge is 2.42. The standard InChI is InChI=1S/C9H18O4S/c1-3-4-5-14-9-7(11)6(10)8(12-2)13-9/h6-11H,3-5H2,1-2H3/t6-,7-,8-,9?/m0/s1. The Kier molecular flexibility index (Phi) is 5.19. The first-order chi connectivity index (χ1) is 6.70. The summed E-state index contributed by atoms with van der Waals surface area (Å²) in [5, 5.41) is 19.1. The number of unbranched alkanes of at least 4 members (excludes halogenated alkanes) is 1. The van der Waals surface area contributed by atoms with Crippen molar-refractivity contribution in [1.29, 1.82) is 0 Å². The Hall–Kier alpha value is 0.190. The van der Waals surface area contributed by atoms with Gasteiger partial charge in [-0.05, 0) is 12.2 Å². The fraction of sp³-hybridized carbons (Fsp3) is 1.00. The molecule has 4 atom stereocenters. The van der Waals surface area contributed by atoms with Crippen molar-refractivity contribution >= 4 is 11.8 Å². The third-order valence-electron chi connectivity index (χ3n) is 2.19. The summed E-state index contributed by atoms with van der Waals surface area (Å²) in [5.74, 6) is 0.932. The fourth-order valence-corrected chi connectivity index (χ4v) is 2.53. The van der Waals surface area contributed by atoms with E-state index in [1.165, 1.54) is 18.9 Å². The fourth-order valence-electron chi connectivity index (χ4n) is 1.29. The predicted molar refractivity (Wildman–Crippen MR) is 55.0 cm³/mol. The molecule has 0 aromatic heterocycles. The second-order valence-corrected chi connectivity index (χ2v) is 4.52. The van der Waals surface area contributed by atoms with E-state index < -0.39 is 18.5 Å². The van der Waals surface area contributed by atoms with Crippen LogP contribution in [0.25, 0.3) is 0 Å². The first-order valence-electron chi connectivity index (χ1n) is 4.86. The van der Waals surface area contributed by atoms with E-state index in [-0.39, 0.29) is 5.44 Å². The van der Waals surface area contributed by atoms with Gasteiger partial charge in [0.15, 0.2) is 6.29 Å². The van der Waals surface area contributed by atoms with Gasteiger partial charge in [0.2, 0.25) is 0 Å². The number of ether oxygens (including phenoxy) is 2. The second-order valence-electron chi connectivity index (χ2n) is 3.31. The summed E-state index contributed by atoms with van der Waals surface area (Å²) < 4.78 is 10.2. The van der Waals surface area contributed by atoms with Gasteiger partial charge in [-0.1, -0.05) is 13.3 Å². The van der Waals surface area contributed by atoms with E-state index in [2.05, 4.69) is 6.92 Å². The summed E-state index contributed by atoms with van der Waals surface area (Å²) in [5.41, 5.74) is -0.360. The molecule has 84 valence electrons. The van der Waals surface area contributed by atoms with E-state index in [1.54, 1.807) is 0 Å². The number of methoxy groups -OCH3 is 1. The van der Waals surface area contributed by atoms with Crippen LogP contribution < -0.4 is 0 Å². The molecule has 14 heavy (non-hydrogen) atoms. The Morgan fingerprint density at radius 2 is 2.07 bits per heavy atom. The van der Waals surface area contributed by atoms with Gasteiger partial charge in [-0.3, -0.25) is 0 Å². The molecule has 0 aromatic rings. The third kappa shape index (κ3) is 2.84. The molecule has 1 saturated heterocycles. The van der Waals surface area contributed by atoms with E-state index in [4.69, 9.17) is 9.47 Å². The van der Waals surface area contributed by atoms with Gasteiger partial charge in [-0.15, -0.1) is 11.8 Å². The minimum absolute atomic E-state index is 0.360. The molecular weight excluding hydrogens is 204 g/mol. The molecule has 4 nitrogen and oxygen atoms in total. The van der Waals surface area contributed by atoms with Gasteiger partial charge in [0.05, 0.1) is 0 Å². The topological polar surface area (TPSA) is 58.9 Å². The highest BCUT2D eigenvalue weighted by molar-refractivity contribution is 7.99. The summed E-state index contributed by atoms with van der Waals surface area (Å²) in [6.07, 6.45) is -0.262. The second kappa shape index (κ2) is 5.92. The van der Waals surface area contributed by atoms with Crippen molar-refractivity contribution in [1.82, 2.24) is 0 Å². The maximum atomic E-state index is 9.58. The maximum Gasteiger partial charge on any atom is 0.187 e. The smallest absolute Gasteiger partial charge is 0.187 e. The summed E-state index contributed by atoms with van der Waals surface area (Å²) in [7, 11) is 1.46. The monoisotopic (exact) mass is 222 g/mol. The highest BCUT2D eigenvalue weighted by Crippen LogP contribution is 2.29. The molecule has 0 spiro atoms. The van der Waals surface area contributed by atoms with Crippen molar-refractivity contribution in [3.8, 4) is 0 Å². The first-order valence-corrected chi connectivity index (χ1v) is 5.91. The number of thioether (sulfide) groups is 1. The molecule has 0 aromatic carbocycles. The summed E-state index contributed by atoms with van der Waals surface area (Å²) >= 11 is 1.53. The minimum Gasteiger partial charge on any atom is -0.387 e. The van der Waals surface area contributed by atoms with Gasteiger partial charge < -0.3 is 19.7 Å². The van der Waals surface area contributed by atoms with Crippen molar-refractivity contribution in [2.75, 3.05) is 12.9 Å². The number of rotatable bonds is 5. The van der Waals surface area contributed by atoms with Crippen LogP contribution >= 0.6 is 11.8 Å². The summed E-state index contributed by atoms with van der Waals surface area (Å²) in [6, 6.07) is 0. The van der Waals surface area contributed by atoms with E-state index in [0.717, 1.165) is 18.6 Å². The Labute approximate surface area is 88.6 Å². The molecule has 1 aliphatic heterocycles. The van der Waals surface area contributed by atoms with Crippen LogP contribution in [0.3, 0.4) is 0 Å². The lowest BCUT2D eigenvalue weighted by molar-refractivity contribution is -0.138. The van der Waals surface area contributed by atoms with Crippen molar-refractivity contribution in [2.45, 2.75) is 43.7 Å². The lowest BCUT2D eigenvalue weighted by atomic mass is 10.2. The molecule has 0 amide bonds. The molecule has 1 fully saturated rings. The molecule has 1 heterocycles. The van der Waals surface area contributed by atoms with Crippen molar-refractivity contribution in [3.05, 3.63) is 0 Å². The SMILES string of the molecule is CCCCSC1O[C@H](OC)[C@@H](O)[C@@H]1O. The molecule has 0 radical (unpaired) electrons. The van der Waals surface area contributed by atoms with Crippen LogP contribution in [0.1, 0.15) is 19.8 Å². The lowest BCUT2D eigenvalue weighted by Gasteiger charge is -2.12. The summed E-state index contributed by atoms with van der Waals surface area (Å²) in [6.45, 7) is 2.11. The lowest BCUT2D eigenvalue weighted by Crippen LogP contribution is -2.32. The van der Waals surface area contributed by atoms with Crippen molar-refractivity contribution in [3.63, 3.8) is 0 Å². The van der Waals surface area contributed by atoms with Crippen LogP contribution in [0.4, 0.5) is 0 Å². The minimum atomic E-state index is -0.931. The van der Waals surface area contributed by atoms with Crippen molar-refractivity contribution < 1.29 is 19.7 Å². The van der Waals surface area contributed by atoms with E-state index in [0.29, 0.717) is 0 Å². The van der Waals surface area contributed by atoms with Gasteiger partial charge in [-0.2, -0.15) is 0 Å². The van der Waals surface area contributed by atoms with Crippen LogP contribution in [0.2, 0.25) is 0 Å². The Morgan fingerprint density at radius 3 is 2.57 bits per heavy atom. The van der Waals surface area contributed by atoms with Gasteiger partial charge in [0.1, 0.15) is 17.6 Å².